The third-order valence-electron chi connectivity index (χ3n) is 3.90. The number of anilines is 1. The van der Waals surface area contributed by atoms with Crippen molar-refractivity contribution in [1.29, 1.82) is 0 Å². The van der Waals surface area contributed by atoms with Gasteiger partial charge in [-0.1, -0.05) is 29.8 Å². The highest BCUT2D eigenvalue weighted by molar-refractivity contribution is 6.06. The number of nitrogens with two attached hydrogens (primary N) is 1. The second kappa shape index (κ2) is 5.47. The predicted octanol–water partition coefficient (Wildman–Crippen LogP) is 4.53. The Morgan fingerprint density at radius 1 is 1.09 bits per heavy atom. The molecule has 23 heavy (non-hydrogen) atoms. The molecule has 0 aliphatic heterocycles. The van der Waals surface area contributed by atoms with Gasteiger partial charge in [-0.25, -0.2) is 0 Å². The minimum atomic E-state index is -0.368. The third-order valence-corrected chi connectivity index (χ3v) is 3.90. The van der Waals surface area contributed by atoms with Gasteiger partial charge in [-0.05, 0) is 43.5 Å². The zero-order chi connectivity index (χ0) is 16.7. The van der Waals surface area contributed by atoms with E-state index in [4.69, 9.17) is 14.9 Å². The summed E-state index contributed by atoms with van der Waals surface area (Å²) in [5.41, 5.74) is 11.5. The average Bonchev–Trinajstić information content (AvgIpc) is 2.82. The highest BCUT2D eigenvalue weighted by atomic mass is 16.5. The molecule has 2 N–H and O–H groups in total. The third kappa shape index (κ3) is 2.57. The molecular weight excluding hydrogens is 290 g/mol. The van der Waals surface area contributed by atoms with Crippen molar-refractivity contribution in [1.82, 2.24) is 0 Å². The molecule has 0 bridgehead atoms. The first kappa shape index (κ1) is 15.2. The van der Waals surface area contributed by atoms with Crippen LogP contribution >= 0.6 is 0 Å². The maximum atomic E-state index is 11.5. The Morgan fingerprint density at radius 3 is 2.35 bits per heavy atom. The van der Waals surface area contributed by atoms with Gasteiger partial charge in [0.25, 0.3) is 0 Å². The van der Waals surface area contributed by atoms with Crippen LogP contribution in [0.3, 0.4) is 0 Å². The van der Waals surface area contributed by atoms with Gasteiger partial charge in [-0.3, -0.25) is 4.79 Å². The van der Waals surface area contributed by atoms with E-state index >= 15 is 0 Å². The second-order valence-electron chi connectivity index (χ2n) is 5.84. The summed E-state index contributed by atoms with van der Waals surface area (Å²) in [6.45, 7) is 7.28. The van der Waals surface area contributed by atoms with Crippen molar-refractivity contribution < 1.29 is 13.9 Å². The van der Waals surface area contributed by atoms with E-state index in [1.807, 2.05) is 51.1 Å². The van der Waals surface area contributed by atoms with Crippen LogP contribution in [0.4, 0.5) is 5.88 Å². The molecule has 0 saturated carbocycles. The molecular formula is C19H19NO3. The highest BCUT2D eigenvalue weighted by Gasteiger charge is 2.22. The lowest BCUT2D eigenvalue weighted by Gasteiger charge is -2.10. The highest BCUT2D eigenvalue weighted by Crippen LogP contribution is 2.44. The van der Waals surface area contributed by atoms with Gasteiger partial charge in [0, 0.05) is 6.92 Å². The molecule has 0 saturated heterocycles. The van der Waals surface area contributed by atoms with E-state index in [-0.39, 0.29) is 5.97 Å². The largest absolute Gasteiger partial charge is 0.440 e. The van der Waals surface area contributed by atoms with Gasteiger partial charge in [0.2, 0.25) is 0 Å². The van der Waals surface area contributed by atoms with Crippen LogP contribution in [0.1, 0.15) is 23.6 Å². The van der Waals surface area contributed by atoms with Gasteiger partial charge in [-0.15, -0.1) is 0 Å². The Kier molecular flexibility index (Phi) is 3.60. The lowest BCUT2D eigenvalue weighted by Crippen LogP contribution is -2.04. The second-order valence-corrected chi connectivity index (χ2v) is 5.84. The topological polar surface area (TPSA) is 65.5 Å². The number of carbonyl (C=O) groups excluding carboxylic acids is 1. The number of ether oxygens (including phenoxy) is 1. The Hall–Kier alpha value is -2.75. The van der Waals surface area contributed by atoms with Crippen molar-refractivity contribution >= 4 is 22.8 Å². The molecule has 0 aliphatic rings. The normalized spacial score (nSPS) is 11.0. The molecule has 0 radical (unpaired) electrons. The van der Waals surface area contributed by atoms with Crippen molar-refractivity contribution in [3.05, 3.63) is 47.0 Å². The van der Waals surface area contributed by atoms with E-state index in [2.05, 4.69) is 0 Å². The van der Waals surface area contributed by atoms with Crippen LogP contribution in [0.15, 0.2) is 34.7 Å². The van der Waals surface area contributed by atoms with Gasteiger partial charge in [-0.2, -0.15) is 0 Å². The fourth-order valence-corrected chi connectivity index (χ4v) is 2.88. The Balaban J connectivity index is 2.39. The van der Waals surface area contributed by atoms with Crippen molar-refractivity contribution in [2.45, 2.75) is 27.7 Å². The summed E-state index contributed by atoms with van der Waals surface area (Å²) in [5, 5.41) is 0.749. The number of benzene rings is 2. The molecule has 1 aromatic heterocycles. The van der Waals surface area contributed by atoms with Crippen LogP contribution in [0.2, 0.25) is 0 Å². The first-order valence-corrected chi connectivity index (χ1v) is 7.46. The van der Waals surface area contributed by atoms with Crippen LogP contribution in [0.25, 0.3) is 22.1 Å². The number of nitrogen functional groups attached to an aromatic ring is 1. The molecule has 1 heterocycles. The summed E-state index contributed by atoms with van der Waals surface area (Å²) >= 11 is 0. The van der Waals surface area contributed by atoms with E-state index < -0.39 is 0 Å². The SMILES string of the molecule is CC(=O)Oc1c(C)cc(C)c2oc(N)c(-c3ccc(C)cc3)c12. The van der Waals surface area contributed by atoms with E-state index in [0.29, 0.717) is 17.2 Å². The standard InChI is InChI=1S/C19H19NO3/c1-10-5-7-14(8-6-10)15-16-17(22-13(4)21)11(2)9-12(3)18(16)23-19(15)20/h5-9H,20H2,1-4H3. The van der Waals surface area contributed by atoms with E-state index in [1.54, 1.807) is 0 Å². The van der Waals surface area contributed by atoms with Crippen LogP contribution in [0.5, 0.6) is 5.75 Å². The van der Waals surface area contributed by atoms with Gasteiger partial charge in [0.1, 0.15) is 11.3 Å². The Morgan fingerprint density at radius 2 is 1.74 bits per heavy atom. The average molecular weight is 309 g/mol. The fraction of sp³-hybridized carbons (Fsp3) is 0.211. The summed E-state index contributed by atoms with van der Waals surface area (Å²) < 4.78 is 11.2. The molecule has 0 fully saturated rings. The molecule has 118 valence electrons. The van der Waals surface area contributed by atoms with Gasteiger partial charge in [0.15, 0.2) is 5.88 Å². The summed E-state index contributed by atoms with van der Waals surface area (Å²) in [6.07, 6.45) is 0. The zero-order valence-corrected chi connectivity index (χ0v) is 13.7. The van der Waals surface area contributed by atoms with Crippen molar-refractivity contribution in [2.24, 2.45) is 0 Å². The van der Waals surface area contributed by atoms with E-state index in [9.17, 15) is 4.79 Å². The number of carbonyl (C=O) groups is 1. The summed E-state index contributed by atoms with van der Waals surface area (Å²) in [7, 11) is 0. The number of rotatable bonds is 2. The summed E-state index contributed by atoms with van der Waals surface area (Å²) in [5.74, 6) is 0.466. The first-order chi connectivity index (χ1) is 10.9. The number of hydrogen-bond donors (Lipinski definition) is 1. The number of fused-ring (bicyclic) bond motifs is 1. The Bertz CT molecular complexity index is 905. The van der Waals surface area contributed by atoms with Gasteiger partial charge < -0.3 is 14.9 Å². The number of esters is 1. The molecule has 3 rings (SSSR count). The van der Waals surface area contributed by atoms with Crippen molar-refractivity contribution in [3.63, 3.8) is 0 Å². The maximum absolute atomic E-state index is 11.5. The molecule has 0 spiro atoms. The molecule has 3 aromatic rings. The molecule has 0 atom stereocenters. The van der Waals surface area contributed by atoms with Crippen LogP contribution < -0.4 is 10.5 Å². The first-order valence-electron chi connectivity index (χ1n) is 7.46. The number of aryl methyl sites for hydroxylation is 3. The van der Waals surface area contributed by atoms with Crippen molar-refractivity contribution in [3.8, 4) is 16.9 Å². The lowest BCUT2D eigenvalue weighted by atomic mass is 9.98. The zero-order valence-electron chi connectivity index (χ0n) is 13.7. The van der Waals surface area contributed by atoms with E-state index in [1.165, 1.54) is 6.92 Å². The van der Waals surface area contributed by atoms with Crippen LogP contribution in [-0.2, 0) is 4.79 Å². The molecule has 4 heteroatoms. The van der Waals surface area contributed by atoms with Gasteiger partial charge >= 0.3 is 5.97 Å². The smallest absolute Gasteiger partial charge is 0.308 e. The molecule has 0 amide bonds. The molecule has 2 aromatic carbocycles. The fourth-order valence-electron chi connectivity index (χ4n) is 2.88. The van der Waals surface area contributed by atoms with Gasteiger partial charge in [0.05, 0.1) is 10.9 Å². The number of hydrogen-bond acceptors (Lipinski definition) is 4. The predicted molar refractivity (Wildman–Crippen MR) is 91.6 cm³/mol. The Labute approximate surface area is 134 Å². The minimum Gasteiger partial charge on any atom is -0.440 e. The monoisotopic (exact) mass is 309 g/mol. The van der Waals surface area contributed by atoms with Crippen molar-refractivity contribution in [2.75, 3.05) is 5.73 Å². The molecule has 4 nitrogen and oxygen atoms in total. The summed E-state index contributed by atoms with van der Waals surface area (Å²) in [4.78, 5) is 11.5. The van der Waals surface area contributed by atoms with E-state index in [0.717, 1.165) is 33.2 Å². The number of furan rings is 1. The lowest BCUT2D eigenvalue weighted by molar-refractivity contribution is -0.131. The quantitative estimate of drug-likeness (QED) is 0.558. The molecule has 0 aliphatic carbocycles. The van der Waals surface area contributed by atoms with Crippen LogP contribution in [0, 0.1) is 20.8 Å². The maximum Gasteiger partial charge on any atom is 0.308 e. The summed E-state index contributed by atoms with van der Waals surface area (Å²) in [6, 6.07) is 9.95. The van der Waals surface area contributed by atoms with Crippen LogP contribution in [-0.4, -0.2) is 5.97 Å². The minimum absolute atomic E-state index is 0.325. The molecule has 0 unspecified atom stereocenters.